The summed E-state index contributed by atoms with van der Waals surface area (Å²) in [5, 5.41) is 7.14. The average Bonchev–Trinajstić information content (AvgIpc) is 1.02. The van der Waals surface area contributed by atoms with Crippen LogP contribution >= 0.6 is 45.9 Å². The van der Waals surface area contributed by atoms with Gasteiger partial charge in [0.1, 0.15) is 11.5 Å². The van der Waals surface area contributed by atoms with Gasteiger partial charge in [0.15, 0.2) is 0 Å². The van der Waals surface area contributed by atoms with E-state index in [-0.39, 0.29) is 5.75 Å². The van der Waals surface area contributed by atoms with Crippen LogP contribution in [0.3, 0.4) is 0 Å². The molecule has 3 aromatic heterocycles. The molecule has 0 N–H and O–H groups in total. The quantitative estimate of drug-likeness (QED) is 0.0481. The van der Waals surface area contributed by atoms with Gasteiger partial charge in [-0.1, -0.05) is 361 Å². The van der Waals surface area contributed by atoms with Crippen molar-refractivity contribution in [1.29, 1.82) is 0 Å². The second-order valence-corrected chi connectivity index (χ2v) is 42.4. The number of hydrogen-bond acceptors (Lipinski definition) is 6. The number of thiophene rings is 1. The van der Waals surface area contributed by atoms with Gasteiger partial charge in [-0.2, -0.15) is 8.78 Å². The Morgan fingerprint density at radius 2 is 0.865 bits per heavy atom. The normalized spacial score (nSPS) is 12.1. The number of aromatic nitrogens is 2. The fraction of sp³-hybridized carbons (Fsp3) is 0.517. The third-order valence-electron chi connectivity index (χ3n) is 19.4. The van der Waals surface area contributed by atoms with E-state index < -0.39 is 6.11 Å². The van der Waals surface area contributed by atoms with Crippen molar-refractivity contribution in [2.45, 2.75) is 302 Å². The van der Waals surface area contributed by atoms with Gasteiger partial charge >= 0.3 is 6.11 Å². The average molecular weight is 1800 g/mol. The van der Waals surface area contributed by atoms with Crippen molar-refractivity contribution in [3.63, 3.8) is 0 Å². The van der Waals surface area contributed by atoms with Crippen molar-refractivity contribution < 1.29 is 18.3 Å². The van der Waals surface area contributed by atoms with Crippen LogP contribution in [0.25, 0.3) is 0 Å². The number of terminal acetylenes is 1. The monoisotopic (exact) mass is 1800 g/mol. The zero-order chi connectivity index (χ0) is 94.6. The Morgan fingerprint density at radius 3 is 1.22 bits per heavy atom. The number of pyridine rings is 1. The molecule has 126 heavy (non-hydrogen) atoms. The molecule has 0 unspecified atom stereocenters. The molecule has 2 aliphatic rings. The number of halogens is 4. The number of nitrogens with zero attached hydrogens (tertiary/aromatic N) is 2. The Bertz CT molecular complexity index is 4140. The molecule has 7 aromatic carbocycles. The number of methoxy groups -OCH3 is 1. The number of hydrogen-bond donors (Lipinski definition) is 0. The molecule has 0 atom stereocenters. The summed E-state index contributed by atoms with van der Waals surface area (Å²) in [7, 11) is 1.69. The van der Waals surface area contributed by atoms with Crippen LogP contribution < -0.4 is 9.47 Å². The van der Waals surface area contributed by atoms with Gasteiger partial charge in [0.25, 0.3) is 0 Å². The van der Waals surface area contributed by atoms with Gasteiger partial charge in [-0.3, -0.25) is 4.98 Å². The lowest BCUT2D eigenvalue weighted by Gasteiger charge is -2.39. The first-order chi connectivity index (χ1) is 59.4. The smallest absolute Gasteiger partial charge is 0.394 e. The summed E-state index contributed by atoms with van der Waals surface area (Å²) >= 11 is 15.4. The predicted octanol–water partition coefficient (Wildman–Crippen LogP) is 36.0. The van der Waals surface area contributed by atoms with E-state index in [2.05, 4.69) is 315 Å². The number of thiazole rings is 1. The van der Waals surface area contributed by atoms with Crippen LogP contribution in [-0.4, -0.2) is 23.2 Å². The van der Waals surface area contributed by atoms with E-state index in [1.54, 1.807) is 30.6 Å². The van der Waals surface area contributed by atoms with E-state index in [0.29, 0.717) is 29.6 Å². The van der Waals surface area contributed by atoms with Crippen LogP contribution in [0.15, 0.2) is 229 Å². The summed E-state index contributed by atoms with van der Waals surface area (Å²) < 4.78 is 34.5. The zero-order valence-electron chi connectivity index (χ0n) is 83.6. The maximum Gasteiger partial charge on any atom is 0.394 e. The van der Waals surface area contributed by atoms with E-state index in [0.717, 1.165) is 132 Å². The van der Waals surface area contributed by atoms with Gasteiger partial charge in [0.05, 0.1) is 12.1 Å². The van der Waals surface area contributed by atoms with Crippen molar-refractivity contribution in [2.75, 3.05) is 7.11 Å². The summed E-state index contributed by atoms with van der Waals surface area (Å²) in [4.78, 5) is 9.90. The first-order valence-corrected chi connectivity index (χ1v) is 49.7. The number of ether oxygens (including phenoxy) is 2. The molecule has 12 rings (SSSR count). The maximum absolute atomic E-state index is 12.5. The Kier molecular flexibility index (Phi) is 62.7. The highest BCUT2D eigenvalue weighted by atomic mass is 35.5. The second-order valence-electron chi connectivity index (χ2n) is 39.6. The standard InChI is InChI=1S/C12H16F2O.C12H14.C11H16O.C11H16.2C10H13Cl.C10H14.C9H13N.C9H18.C8H12S.C7H11NS.C7H14/c1-9(2)8-10-4-6-11(7-5-10)15-12(3,13)14;1-4-11-5-7-12(8-6-11)9-10(2)3;1-9(2)8-10-4-6-11(12-3)7-5-10;1-9(2)8-11-6-4-10(3)5-7-11;1-8(2)6-9-4-3-5-10(11)7-9;1-8(2)7-9-5-3-4-6-10(9)11;1-9(2)8-10-6-4-3-5-7-10;1-8(2)7-9-5-3-4-6-10-9;1-8(2)7-9(3)5-4-6-9;1-7(2)6-8-4-3-5-9-8;1-6(2)5-7-8-3-4-9-7;1-6(2)5-7-3-4-7/h4-7,9H,8H2,1-3H3;1,5-8,10H,9H2,2-3H3;4-7,9H,8H2,1-3H3;4-7,9H,8H2,1-3H3;3-5,7-8H,6H2,1-2H3;3-6,8H,7H2,1-2H3;3-7,9H,8H2,1-2H3;3-6,8H,7H2,1-2H3;8H,4-7H2,1-3H3;3-5,7H,6H2,1-2H3;3-4,6H,5H2,1-2H3;6-7H,3-5H2,1-2H3. The van der Waals surface area contributed by atoms with Gasteiger partial charge in [0, 0.05) is 57.3 Å². The maximum atomic E-state index is 12.5. The molecule has 2 aliphatic carbocycles. The minimum Gasteiger partial charge on any atom is -0.497 e. The minimum absolute atomic E-state index is 0.204. The first kappa shape index (κ1) is 117. The largest absolute Gasteiger partial charge is 0.497 e. The van der Waals surface area contributed by atoms with Gasteiger partial charge in [-0.15, -0.1) is 29.1 Å². The van der Waals surface area contributed by atoms with Gasteiger partial charge in [-0.25, -0.2) is 4.98 Å². The molecule has 2 saturated carbocycles. The van der Waals surface area contributed by atoms with Crippen LogP contribution in [0, 0.1) is 102 Å². The molecule has 696 valence electrons. The molecule has 0 radical (unpaired) electrons. The fourth-order valence-electron chi connectivity index (χ4n) is 13.8. The van der Waals surface area contributed by atoms with Crippen LogP contribution in [0.2, 0.25) is 10.0 Å². The third-order valence-corrected chi connectivity index (χ3v) is 21.7. The summed E-state index contributed by atoms with van der Waals surface area (Å²) in [6.45, 7) is 58.8. The number of rotatable bonds is 27. The molecular formula is C116H170Cl2F2N2O2S2. The van der Waals surface area contributed by atoms with E-state index in [4.69, 9.17) is 34.4 Å². The molecule has 10 heteroatoms. The highest BCUT2D eigenvalue weighted by Gasteiger charge is 2.32. The zero-order valence-corrected chi connectivity index (χ0v) is 86.7. The highest BCUT2D eigenvalue weighted by Crippen LogP contribution is 2.45. The molecule has 0 bridgehead atoms. The molecule has 10 aromatic rings. The van der Waals surface area contributed by atoms with E-state index >= 15 is 0 Å². The van der Waals surface area contributed by atoms with Crippen LogP contribution in [0.1, 0.15) is 291 Å². The van der Waals surface area contributed by atoms with Gasteiger partial charge < -0.3 is 9.47 Å². The van der Waals surface area contributed by atoms with Crippen LogP contribution in [0.4, 0.5) is 8.78 Å². The van der Waals surface area contributed by atoms with Crippen molar-refractivity contribution in [3.05, 3.63) is 305 Å². The lowest BCUT2D eigenvalue weighted by Crippen LogP contribution is -2.26. The van der Waals surface area contributed by atoms with Crippen molar-refractivity contribution >= 4 is 45.9 Å². The van der Waals surface area contributed by atoms with Crippen molar-refractivity contribution in [2.24, 2.45) is 82.3 Å². The Hall–Kier alpha value is -7.38. The van der Waals surface area contributed by atoms with Gasteiger partial charge in [-0.05, 0) is 290 Å². The summed E-state index contributed by atoms with van der Waals surface area (Å²) in [6, 6.07) is 69.1. The molecule has 3 heterocycles. The topological polar surface area (TPSA) is 44.2 Å². The van der Waals surface area contributed by atoms with E-state index in [9.17, 15) is 8.78 Å². The second kappa shape index (κ2) is 67.8. The SMILES string of the molecule is C#Cc1ccc(CC(C)C)cc1.CC(C)CC1(C)CCC1.CC(C)CC1CC1.CC(C)Cc1ccc(OC(C)(F)F)cc1.CC(C)Cc1cccc(Cl)c1.CC(C)Cc1ccccc1.CC(C)Cc1ccccc1Cl.CC(C)Cc1ccccn1.CC(C)Cc1cccs1.CC(C)Cc1nccs1.COc1ccc(CC(C)C)cc1.Cc1ccc(CC(C)C)cc1. The Balaban J connectivity index is 0.000000690. The number of alkyl halides is 2. The lowest BCUT2D eigenvalue weighted by atomic mass is 9.66. The molecule has 2 fully saturated rings. The van der Waals surface area contributed by atoms with Crippen molar-refractivity contribution in [1.82, 2.24) is 9.97 Å². The van der Waals surface area contributed by atoms with E-state index in [1.807, 2.05) is 114 Å². The summed E-state index contributed by atoms with van der Waals surface area (Å²) in [5.74, 6) is 13.8. The van der Waals surface area contributed by atoms with E-state index in [1.165, 1.54) is 119 Å². The molecule has 4 nitrogen and oxygen atoms in total. The van der Waals surface area contributed by atoms with Crippen LogP contribution in [0.5, 0.6) is 11.5 Å². The number of benzene rings is 7. The summed E-state index contributed by atoms with van der Waals surface area (Å²) in [5.41, 5.74) is 13.6. The first-order valence-electron chi connectivity index (χ1n) is 47.2. The fourth-order valence-corrected chi connectivity index (χ4v) is 16.0. The van der Waals surface area contributed by atoms with Crippen LogP contribution in [-0.2, 0) is 64.2 Å². The minimum atomic E-state index is -3.11. The molecular weight excluding hydrogens is 1630 g/mol. The molecule has 0 saturated heterocycles. The number of aryl methyl sites for hydroxylation is 1. The van der Waals surface area contributed by atoms with Gasteiger partial charge in [0.2, 0.25) is 0 Å². The Morgan fingerprint density at radius 1 is 0.429 bits per heavy atom. The van der Waals surface area contributed by atoms with Crippen molar-refractivity contribution in [3.8, 4) is 23.8 Å². The highest BCUT2D eigenvalue weighted by molar-refractivity contribution is 7.10. The molecule has 0 spiro atoms. The lowest BCUT2D eigenvalue weighted by molar-refractivity contribution is -0.158. The molecule has 0 amide bonds. The summed E-state index contributed by atoms with van der Waals surface area (Å²) in [6.07, 6.45) is 27.4. The molecule has 0 aliphatic heterocycles. The Labute approximate surface area is 789 Å². The third kappa shape index (κ3) is 66.9. The predicted molar refractivity (Wildman–Crippen MR) is 555 cm³/mol.